The molecule has 0 saturated heterocycles. The van der Waals surface area contributed by atoms with Gasteiger partial charge in [-0.2, -0.15) is 0 Å². The van der Waals surface area contributed by atoms with Gasteiger partial charge in [0, 0.05) is 29.9 Å². The summed E-state index contributed by atoms with van der Waals surface area (Å²) >= 11 is 0. The molecule has 5 nitrogen and oxygen atoms in total. The predicted molar refractivity (Wildman–Crippen MR) is 115 cm³/mol. The maximum absolute atomic E-state index is 10.8. The first-order valence-electron chi connectivity index (χ1n) is 9.36. The Kier molecular flexibility index (Phi) is 5.38. The molecule has 0 heterocycles. The van der Waals surface area contributed by atoms with Crippen LogP contribution >= 0.6 is 0 Å². The monoisotopic (exact) mass is 384 g/mol. The summed E-state index contributed by atoms with van der Waals surface area (Å²) in [5.74, 6) is 0.821. The Bertz CT molecular complexity index is 1130. The molecule has 0 radical (unpaired) electrons. The van der Waals surface area contributed by atoms with Crippen molar-refractivity contribution in [1.29, 1.82) is 0 Å². The van der Waals surface area contributed by atoms with Crippen molar-refractivity contribution < 1.29 is 9.66 Å². The lowest BCUT2D eigenvalue weighted by molar-refractivity contribution is -0.384. The molecule has 0 aromatic heterocycles. The summed E-state index contributed by atoms with van der Waals surface area (Å²) in [6, 6.07) is 28.7. The third-order valence-electron chi connectivity index (χ3n) is 4.78. The van der Waals surface area contributed by atoms with Crippen molar-refractivity contribution in [2.75, 3.05) is 5.32 Å². The van der Waals surface area contributed by atoms with E-state index >= 15 is 0 Å². The number of benzene rings is 4. The largest absolute Gasteiger partial charge is 0.489 e. The normalized spacial score (nSPS) is 10.6. The van der Waals surface area contributed by atoms with E-state index in [0.29, 0.717) is 13.2 Å². The van der Waals surface area contributed by atoms with Gasteiger partial charge < -0.3 is 10.1 Å². The number of anilines is 1. The zero-order chi connectivity index (χ0) is 20.1. The molecule has 0 saturated carbocycles. The van der Waals surface area contributed by atoms with Crippen LogP contribution < -0.4 is 10.1 Å². The second-order valence-electron chi connectivity index (χ2n) is 6.70. The van der Waals surface area contributed by atoms with Crippen LogP contribution in [0.5, 0.6) is 5.75 Å². The van der Waals surface area contributed by atoms with E-state index in [9.17, 15) is 10.1 Å². The number of nitro groups is 1. The molecule has 4 rings (SSSR count). The van der Waals surface area contributed by atoms with E-state index in [0.717, 1.165) is 33.3 Å². The van der Waals surface area contributed by atoms with Crippen molar-refractivity contribution in [2.24, 2.45) is 0 Å². The molecule has 1 N–H and O–H groups in total. The Morgan fingerprint density at radius 2 is 1.55 bits per heavy atom. The fourth-order valence-electron chi connectivity index (χ4n) is 3.26. The second-order valence-corrected chi connectivity index (χ2v) is 6.70. The summed E-state index contributed by atoms with van der Waals surface area (Å²) in [5.41, 5.74) is 3.05. The number of fused-ring (bicyclic) bond motifs is 1. The van der Waals surface area contributed by atoms with E-state index < -0.39 is 4.92 Å². The minimum Gasteiger partial charge on any atom is -0.489 e. The van der Waals surface area contributed by atoms with Gasteiger partial charge in [-0.3, -0.25) is 10.1 Å². The molecule has 144 valence electrons. The number of nitro benzene ring substituents is 1. The Morgan fingerprint density at radius 3 is 2.31 bits per heavy atom. The maximum Gasteiger partial charge on any atom is 0.269 e. The lowest BCUT2D eigenvalue weighted by Crippen LogP contribution is -2.05. The Morgan fingerprint density at radius 1 is 0.828 bits per heavy atom. The SMILES string of the molecule is O=[N+]([O-])c1ccc(NCc2c(OCc3ccccc3)ccc3ccccc23)cc1. The fourth-order valence-corrected chi connectivity index (χ4v) is 3.26. The van der Waals surface area contributed by atoms with Crippen LogP contribution in [-0.2, 0) is 13.2 Å². The molecular weight excluding hydrogens is 364 g/mol. The quantitative estimate of drug-likeness (QED) is 0.316. The summed E-state index contributed by atoms with van der Waals surface area (Å²) in [7, 11) is 0. The Balaban J connectivity index is 1.59. The van der Waals surface area contributed by atoms with Gasteiger partial charge in [-0.15, -0.1) is 0 Å². The van der Waals surface area contributed by atoms with Gasteiger partial charge in [-0.05, 0) is 34.5 Å². The smallest absolute Gasteiger partial charge is 0.269 e. The van der Waals surface area contributed by atoms with Crippen LogP contribution in [0.25, 0.3) is 10.8 Å². The third-order valence-corrected chi connectivity index (χ3v) is 4.78. The van der Waals surface area contributed by atoms with Crippen LogP contribution in [0.4, 0.5) is 11.4 Å². The number of nitrogens with zero attached hydrogens (tertiary/aromatic N) is 1. The Labute approximate surface area is 168 Å². The highest BCUT2D eigenvalue weighted by atomic mass is 16.6. The first kappa shape index (κ1) is 18.5. The molecule has 5 heteroatoms. The molecule has 4 aromatic carbocycles. The van der Waals surface area contributed by atoms with Crippen LogP contribution in [0.15, 0.2) is 91.0 Å². The molecule has 0 fully saturated rings. The van der Waals surface area contributed by atoms with E-state index in [4.69, 9.17) is 4.74 Å². The summed E-state index contributed by atoms with van der Waals surface area (Å²) in [5, 5.41) is 16.5. The number of nitrogens with one attached hydrogen (secondary N) is 1. The highest BCUT2D eigenvalue weighted by molar-refractivity contribution is 5.88. The topological polar surface area (TPSA) is 64.4 Å². The number of non-ortho nitro benzene ring substituents is 1. The van der Waals surface area contributed by atoms with Crippen molar-refractivity contribution in [3.63, 3.8) is 0 Å². The first-order chi connectivity index (χ1) is 14.2. The molecule has 0 aliphatic heterocycles. The van der Waals surface area contributed by atoms with Gasteiger partial charge in [0.05, 0.1) is 4.92 Å². The molecule has 0 amide bonds. The molecule has 0 atom stereocenters. The van der Waals surface area contributed by atoms with Crippen molar-refractivity contribution in [1.82, 2.24) is 0 Å². The van der Waals surface area contributed by atoms with Gasteiger partial charge in [0.15, 0.2) is 0 Å². The van der Waals surface area contributed by atoms with Gasteiger partial charge in [0.2, 0.25) is 0 Å². The van der Waals surface area contributed by atoms with Gasteiger partial charge in [-0.25, -0.2) is 0 Å². The second kappa shape index (κ2) is 8.44. The number of hydrogen-bond acceptors (Lipinski definition) is 4. The minimum absolute atomic E-state index is 0.0765. The highest BCUT2D eigenvalue weighted by Gasteiger charge is 2.10. The van der Waals surface area contributed by atoms with E-state index in [2.05, 4.69) is 23.5 Å². The lowest BCUT2D eigenvalue weighted by atomic mass is 10.0. The molecule has 0 aliphatic rings. The van der Waals surface area contributed by atoms with Crippen LogP contribution in [0, 0.1) is 10.1 Å². The van der Waals surface area contributed by atoms with Crippen molar-refractivity contribution >= 4 is 22.1 Å². The van der Waals surface area contributed by atoms with E-state index in [1.54, 1.807) is 12.1 Å². The summed E-state index contributed by atoms with van der Waals surface area (Å²) in [4.78, 5) is 10.4. The third kappa shape index (κ3) is 4.35. The zero-order valence-electron chi connectivity index (χ0n) is 15.7. The molecular formula is C24H20N2O3. The number of ether oxygens (including phenoxy) is 1. The van der Waals surface area contributed by atoms with E-state index in [-0.39, 0.29) is 5.69 Å². The molecule has 0 bridgehead atoms. The van der Waals surface area contributed by atoms with Gasteiger partial charge in [0.1, 0.15) is 12.4 Å². The van der Waals surface area contributed by atoms with Gasteiger partial charge in [0.25, 0.3) is 5.69 Å². The van der Waals surface area contributed by atoms with Crippen molar-refractivity contribution in [3.8, 4) is 5.75 Å². The van der Waals surface area contributed by atoms with Crippen molar-refractivity contribution in [2.45, 2.75) is 13.2 Å². The highest BCUT2D eigenvalue weighted by Crippen LogP contribution is 2.30. The molecule has 0 aliphatic carbocycles. The summed E-state index contributed by atoms with van der Waals surface area (Å²) < 4.78 is 6.14. The maximum atomic E-state index is 10.8. The van der Waals surface area contributed by atoms with Crippen LogP contribution in [0.3, 0.4) is 0 Å². The number of hydrogen-bond donors (Lipinski definition) is 1. The van der Waals surface area contributed by atoms with Crippen LogP contribution in [-0.4, -0.2) is 4.92 Å². The molecule has 4 aromatic rings. The average molecular weight is 384 g/mol. The molecule has 0 spiro atoms. The number of rotatable bonds is 7. The average Bonchev–Trinajstić information content (AvgIpc) is 2.77. The van der Waals surface area contributed by atoms with Gasteiger partial charge in [-0.1, -0.05) is 60.7 Å². The van der Waals surface area contributed by atoms with Crippen LogP contribution in [0.1, 0.15) is 11.1 Å². The fraction of sp³-hybridized carbons (Fsp3) is 0.0833. The predicted octanol–water partition coefficient (Wildman–Crippen LogP) is 5.94. The molecule has 29 heavy (non-hydrogen) atoms. The van der Waals surface area contributed by atoms with Gasteiger partial charge >= 0.3 is 0 Å². The van der Waals surface area contributed by atoms with E-state index in [1.807, 2.05) is 48.5 Å². The summed E-state index contributed by atoms with van der Waals surface area (Å²) in [6.45, 7) is 1.03. The standard InChI is InChI=1S/C24H20N2O3/c27-26(28)21-13-11-20(12-14-21)25-16-23-22-9-5-4-8-19(22)10-15-24(23)29-17-18-6-2-1-3-7-18/h1-15,25H,16-17H2. The van der Waals surface area contributed by atoms with E-state index in [1.165, 1.54) is 12.1 Å². The Hall–Kier alpha value is -3.86. The first-order valence-corrected chi connectivity index (χ1v) is 9.36. The zero-order valence-corrected chi connectivity index (χ0v) is 15.7. The lowest BCUT2D eigenvalue weighted by Gasteiger charge is -2.16. The minimum atomic E-state index is -0.399. The molecule has 0 unspecified atom stereocenters. The van der Waals surface area contributed by atoms with Crippen LogP contribution in [0.2, 0.25) is 0 Å². The van der Waals surface area contributed by atoms with Crippen molar-refractivity contribution in [3.05, 3.63) is 112 Å². The summed E-state index contributed by atoms with van der Waals surface area (Å²) in [6.07, 6.45) is 0.